The Labute approximate surface area is 165 Å². The van der Waals surface area contributed by atoms with Crippen LogP contribution in [-0.4, -0.2) is 80.0 Å². The quantitative estimate of drug-likeness (QED) is 0.129. The maximum Gasteiger partial charge on any atom is 0.466 e. The summed E-state index contributed by atoms with van der Waals surface area (Å²) >= 11 is 0.597. The normalized spacial score (nSPS) is 30.1. The van der Waals surface area contributed by atoms with E-state index in [1.54, 1.807) is 30.3 Å². The molecule has 1 aliphatic rings. The number of oxime groups is 1. The molecule has 0 radical (unpaired) electrons. The summed E-state index contributed by atoms with van der Waals surface area (Å²) < 4.78 is 39.6. The summed E-state index contributed by atoms with van der Waals surface area (Å²) in [6.45, 7) is -0.650. The van der Waals surface area contributed by atoms with Crippen LogP contribution in [0.2, 0.25) is 0 Å². The van der Waals surface area contributed by atoms with Crippen molar-refractivity contribution in [2.24, 2.45) is 5.16 Å². The molecule has 1 fully saturated rings. The SMILES string of the molecule is O=S(=O)(O)ON=C(CC(O)c1ccccc1)S[C@@H]1O[C@H](CO)[C@@H](O)[C@H](O)[C@H]1O. The Kier molecular flexibility index (Phi) is 8.18. The molecule has 1 saturated heterocycles. The van der Waals surface area contributed by atoms with Gasteiger partial charge in [-0.2, -0.15) is 8.42 Å². The van der Waals surface area contributed by atoms with Crippen LogP contribution in [0.3, 0.4) is 0 Å². The van der Waals surface area contributed by atoms with E-state index in [1.807, 2.05) is 0 Å². The van der Waals surface area contributed by atoms with Gasteiger partial charge >= 0.3 is 10.4 Å². The molecule has 1 aromatic rings. The van der Waals surface area contributed by atoms with Gasteiger partial charge in [-0.25, -0.2) is 4.28 Å². The van der Waals surface area contributed by atoms with Gasteiger partial charge in [0.1, 0.15) is 34.9 Å². The van der Waals surface area contributed by atoms with Gasteiger partial charge < -0.3 is 30.3 Å². The van der Waals surface area contributed by atoms with Crippen molar-refractivity contribution in [3.05, 3.63) is 35.9 Å². The molecule has 6 N–H and O–H groups in total. The molecule has 11 nitrogen and oxygen atoms in total. The van der Waals surface area contributed by atoms with Gasteiger partial charge in [0, 0.05) is 6.42 Å². The fourth-order valence-electron chi connectivity index (χ4n) is 2.45. The minimum atomic E-state index is -4.92. The maximum absolute atomic E-state index is 10.8. The molecule has 1 aromatic carbocycles. The number of hydrogen-bond donors (Lipinski definition) is 6. The van der Waals surface area contributed by atoms with E-state index in [9.17, 15) is 34.0 Å². The van der Waals surface area contributed by atoms with Crippen LogP contribution in [-0.2, 0) is 19.4 Å². The van der Waals surface area contributed by atoms with Crippen LogP contribution < -0.4 is 0 Å². The summed E-state index contributed by atoms with van der Waals surface area (Å²) in [5, 5.41) is 52.3. The third-order valence-electron chi connectivity index (χ3n) is 3.89. The molecular formula is C15H21NO10S2. The Morgan fingerprint density at radius 1 is 1.18 bits per heavy atom. The number of thioether (sulfide) groups is 1. The molecule has 0 spiro atoms. The predicted octanol–water partition coefficient (Wildman–Crippen LogP) is -1.22. The van der Waals surface area contributed by atoms with E-state index in [1.165, 1.54) is 0 Å². The second-order valence-electron chi connectivity index (χ2n) is 5.93. The van der Waals surface area contributed by atoms with E-state index in [-0.39, 0.29) is 11.5 Å². The van der Waals surface area contributed by atoms with Crippen molar-refractivity contribution < 1.29 is 47.5 Å². The Hall–Kier alpha value is -1.29. The number of aliphatic hydroxyl groups excluding tert-OH is 5. The molecule has 0 bridgehead atoms. The fourth-order valence-corrected chi connectivity index (χ4v) is 3.79. The fraction of sp³-hybridized carbons (Fsp3) is 0.533. The molecule has 1 aliphatic heterocycles. The first-order valence-corrected chi connectivity index (χ1v) is 10.3. The van der Waals surface area contributed by atoms with Crippen LogP contribution in [0.5, 0.6) is 0 Å². The highest BCUT2D eigenvalue weighted by molar-refractivity contribution is 8.14. The number of ether oxygens (including phenoxy) is 1. The lowest BCUT2D eigenvalue weighted by molar-refractivity contribution is -0.205. The maximum atomic E-state index is 10.8. The molecule has 13 heteroatoms. The Balaban J connectivity index is 2.19. The molecule has 0 aromatic heterocycles. The topological polar surface area (TPSA) is 186 Å². The highest BCUT2D eigenvalue weighted by Gasteiger charge is 2.44. The third-order valence-corrected chi connectivity index (χ3v) is 5.28. The number of aliphatic hydroxyl groups is 5. The minimum Gasteiger partial charge on any atom is -0.394 e. The monoisotopic (exact) mass is 439 g/mol. The van der Waals surface area contributed by atoms with E-state index in [2.05, 4.69) is 9.44 Å². The van der Waals surface area contributed by atoms with Crippen molar-refractivity contribution in [3.63, 3.8) is 0 Å². The molecule has 1 unspecified atom stereocenters. The Morgan fingerprint density at radius 2 is 1.82 bits per heavy atom. The van der Waals surface area contributed by atoms with Crippen LogP contribution in [0.4, 0.5) is 0 Å². The first-order chi connectivity index (χ1) is 13.1. The Bertz CT molecular complexity index is 757. The van der Waals surface area contributed by atoms with Crippen molar-refractivity contribution in [3.8, 4) is 0 Å². The minimum absolute atomic E-state index is 0.196. The second-order valence-corrected chi connectivity index (χ2v) is 8.11. The van der Waals surface area contributed by atoms with Gasteiger partial charge in [0.05, 0.1) is 12.7 Å². The summed E-state index contributed by atoms with van der Waals surface area (Å²) in [5.74, 6) is 0. The molecule has 158 valence electrons. The van der Waals surface area contributed by atoms with E-state index in [0.717, 1.165) is 0 Å². The average molecular weight is 439 g/mol. The molecule has 6 atom stereocenters. The summed E-state index contributed by atoms with van der Waals surface area (Å²) in [6.07, 6.45) is -7.43. The summed E-state index contributed by atoms with van der Waals surface area (Å²) in [7, 11) is -4.92. The highest BCUT2D eigenvalue weighted by atomic mass is 32.3. The molecule has 0 aliphatic carbocycles. The summed E-state index contributed by atoms with van der Waals surface area (Å²) in [5.41, 5.74) is -0.793. The molecule has 1 heterocycles. The van der Waals surface area contributed by atoms with E-state index >= 15 is 0 Å². The summed E-state index contributed by atoms with van der Waals surface area (Å²) in [6, 6.07) is 8.31. The van der Waals surface area contributed by atoms with E-state index < -0.39 is 53.0 Å². The molecule has 0 amide bonds. The average Bonchev–Trinajstić information content (AvgIpc) is 2.66. The van der Waals surface area contributed by atoms with Gasteiger partial charge in [0.2, 0.25) is 0 Å². The summed E-state index contributed by atoms with van der Waals surface area (Å²) in [4.78, 5) is 0. The van der Waals surface area contributed by atoms with Crippen molar-refractivity contribution in [2.75, 3.05) is 6.61 Å². The van der Waals surface area contributed by atoms with E-state index in [0.29, 0.717) is 17.3 Å². The lowest BCUT2D eigenvalue weighted by Gasteiger charge is -2.39. The molecule has 0 saturated carbocycles. The van der Waals surface area contributed by atoms with Crippen LogP contribution in [0.1, 0.15) is 18.1 Å². The largest absolute Gasteiger partial charge is 0.466 e. The van der Waals surface area contributed by atoms with Crippen molar-refractivity contribution in [1.82, 2.24) is 0 Å². The number of nitrogens with zero attached hydrogens (tertiary/aromatic N) is 1. The number of rotatable bonds is 7. The van der Waals surface area contributed by atoms with Crippen LogP contribution in [0.15, 0.2) is 35.5 Å². The van der Waals surface area contributed by atoms with Crippen LogP contribution in [0, 0.1) is 0 Å². The molecule has 2 rings (SSSR count). The van der Waals surface area contributed by atoms with Crippen molar-refractivity contribution in [2.45, 2.75) is 42.4 Å². The van der Waals surface area contributed by atoms with Crippen molar-refractivity contribution >= 4 is 27.2 Å². The van der Waals surface area contributed by atoms with E-state index in [4.69, 9.17) is 9.29 Å². The smallest absolute Gasteiger partial charge is 0.394 e. The van der Waals surface area contributed by atoms with Crippen LogP contribution >= 0.6 is 11.8 Å². The Morgan fingerprint density at radius 3 is 2.39 bits per heavy atom. The van der Waals surface area contributed by atoms with Gasteiger partial charge in [-0.1, -0.05) is 47.2 Å². The van der Waals surface area contributed by atoms with Gasteiger partial charge in [0.15, 0.2) is 0 Å². The zero-order chi connectivity index (χ0) is 20.9. The number of hydrogen-bond acceptors (Lipinski definition) is 11. The second kappa shape index (κ2) is 9.96. The zero-order valence-electron chi connectivity index (χ0n) is 14.3. The first kappa shape index (κ1) is 23.0. The first-order valence-electron chi connectivity index (χ1n) is 8.05. The predicted molar refractivity (Wildman–Crippen MR) is 97.4 cm³/mol. The van der Waals surface area contributed by atoms with Gasteiger partial charge in [-0.3, -0.25) is 4.55 Å². The lowest BCUT2D eigenvalue weighted by Crippen LogP contribution is -2.57. The van der Waals surface area contributed by atoms with Gasteiger partial charge in [-0.05, 0) is 5.56 Å². The highest BCUT2D eigenvalue weighted by Crippen LogP contribution is 2.32. The standard InChI is InChI=1S/C15H21NO10S2/c17-7-10-12(19)13(20)14(21)15(25-10)27-11(16-26-28(22,23)24)6-9(18)8-4-2-1-3-5-8/h1-5,9-10,12-15,17-21H,6-7H2,(H,22,23,24)/t9?,10-,12-,13+,14-,15+/m1/s1. The molecular weight excluding hydrogens is 418 g/mol. The van der Waals surface area contributed by atoms with Crippen LogP contribution in [0.25, 0.3) is 0 Å². The van der Waals surface area contributed by atoms with Gasteiger partial charge in [0.25, 0.3) is 0 Å². The number of benzene rings is 1. The van der Waals surface area contributed by atoms with Crippen molar-refractivity contribution in [1.29, 1.82) is 0 Å². The lowest BCUT2D eigenvalue weighted by atomic mass is 10.0. The molecule has 28 heavy (non-hydrogen) atoms. The van der Waals surface area contributed by atoms with Gasteiger partial charge in [-0.15, -0.1) is 0 Å². The third kappa shape index (κ3) is 6.37. The zero-order valence-corrected chi connectivity index (χ0v) is 16.0.